The predicted molar refractivity (Wildman–Crippen MR) is 206 cm³/mol. The van der Waals surface area contributed by atoms with Gasteiger partial charge in [-0.3, -0.25) is 0 Å². The zero-order chi connectivity index (χ0) is 34.1. The first-order chi connectivity index (χ1) is 25.2. The number of benzene rings is 6. The summed E-state index contributed by atoms with van der Waals surface area (Å²) < 4.78 is 1.93. The van der Waals surface area contributed by atoms with E-state index in [9.17, 15) is 5.26 Å². The highest BCUT2D eigenvalue weighted by Crippen LogP contribution is 2.38. The van der Waals surface area contributed by atoms with Crippen LogP contribution in [0.5, 0.6) is 0 Å². The zero-order valence-corrected chi connectivity index (χ0v) is 27.5. The van der Waals surface area contributed by atoms with Crippen LogP contribution in [-0.2, 0) is 0 Å². The summed E-state index contributed by atoms with van der Waals surface area (Å²) in [5.74, 6) is 0.695. The predicted octanol–water partition coefficient (Wildman–Crippen LogP) is 11.2. The van der Waals surface area contributed by atoms with E-state index in [1.54, 1.807) is 0 Å². The van der Waals surface area contributed by atoms with Crippen molar-refractivity contribution in [3.05, 3.63) is 182 Å². The summed E-state index contributed by atoms with van der Waals surface area (Å²) in [6, 6.07) is 62.4. The van der Waals surface area contributed by atoms with Crippen molar-refractivity contribution in [3.63, 3.8) is 0 Å². The van der Waals surface area contributed by atoms with Gasteiger partial charge in [-0.25, -0.2) is 14.5 Å². The molecule has 0 amide bonds. The van der Waals surface area contributed by atoms with Crippen molar-refractivity contribution >= 4 is 16.3 Å². The molecular formula is C46H29N5. The fourth-order valence-corrected chi connectivity index (χ4v) is 6.80. The Labute approximate surface area is 295 Å². The molecule has 5 nitrogen and oxygen atoms in total. The topological polar surface area (TPSA) is 66.9 Å². The van der Waals surface area contributed by atoms with Crippen LogP contribution in [0.3, 0.4) is 0 Å². The standard InChI is InChI=1S/C46H29N5/c47-30-42-44(35-17-9-3-10-18-35)45-39-26-25-37(27-38(39)28-43(51(45)50-42)34-15-7-2-8-16-34)31-21-23-33(24-22-31)41-29-40(32-13-5-1-6-14-32)48-46(49-41)36-19-11-4-12-20-36/h1-29H. The van der Waals surface area contributed by atoms with Crippen LogP contribution in [0.1, 0.15) is 5.69 Å². The minimum absolute atomic E-state index is 0.404. The van der Waals surface area contributed by atoms with E-state index in [1.165, 1.54) is 0 Å². The monoisotopic (exact) mass is 651 g/mol. The molecule has 3 aromatic heterocycles. The molecule has 0 fully saturated rings. The molecule has 51 heavy (non-hydrogen) atoms. The molecule has 0 saturated carbocycles. The SMILES string of the molecule is N#Cc1nn2c(-c3ccccc3)cc3cc(-c4ccc(-c5cc(-c6ccccc6)nc(-c6ccccc6)n5)cc4)ccc3c2c1-c1ccccc1. The van der Waals surface area contributed by atoms with Crippen molar-refractivity contribution in [3.8, 4) is 73.5 Å². The molecular weight excluding hydrogens is 623 g/mol. The third-order valence-electron chi connectivity index (χ3n) is 9.29. The minimum Gasteiger partial charge on any atom is -0.230 e. The minimum atomic E-state index is 0.404. The summed E-state index contributed by atoms with van der Waals surface area (Å²) >= 11 is 0. The summed E-state index contributed by atoms with van der Waals surface area (Å²) in [7, 11) is 0. The number of aromatic nitrogens is 4. The molecule has 0 N–H and O–H groups in total. The smallest absolute Gasteiger partial charge is 0.171 e. The summed E-state index contributed by atoms with van der Waals surface area (Å²) in [5, 5.41) is 17.2. The van der Waals surface area contributed by atoms with E-state index in [0.29, 0.717) is 11.5 Å². The van der Waals surface area contributed by atoms with Crippen LogP contribution in [-0.4, -0.2) is 19.6 Å². The molecule has 0 unspecified atom stereocenters. The van der Waals surface area contributed by atoms with Crippen LogP contribution < -0.4 is 0 Å². The molecule has 0 aliphatic carbocycles. The summed E-state index contributed by atoms with van der Waals surface area (Å²) in [6.07, 6.45) is 0. The van der Waals surface area contributed by atoms with Crippen LogP contribution in [0.25, 0.3) is 83.7 Å². The molecule has 0 aliphatic heterocycles. The number of nitriles is 1. The van der Waals surface area contributed by atoms with Crippen molar-refractivity contribution in [2.45, 2.75) is 0 Å². The summed E-state index contributed by atoms with van der Waals surface area (Å²) in [4.78, 5) is 9.95. The molecule has 238 valence electrons. The Morgan fingerprint density at radius 1 is 0.451 bits per heavy atom. The lowest BCUT2D eigenvalue weighted by molar-refractivity contribution is 0.963. The number of pyridine rings is 1. The van der Waals surface area contributed by atoms with E-state index in [2.05, 4.69) is 84.9 Å². The second-order valence-electron chi connectivity index (χ2n) is 12.4. The first kappa shape index (κ1) is 29.9. The fraction of sp³-hybridized carbons (Fsp3) is 0. The van der Waals surface area contributed by atoms with Crippen molar-refractivity contribution in [1.29, 1.82) is 5.26 Å². The molecule has 3 heterocycles. The Morgan fingerprint density at radius 2 is 0.961 bits per heavy atom. The van der Waals surface area contributed by atoms with Crippen LogP contribution >= 0.6 is 0 Å². The first-order valence-electron chi connectivity index (χ1n) is 16.8. The van der Waals surface area contributed by atoms with Crippen LogP contribution in [0, 0.1) is 11.3 Å². The maximum Gasteiger partial charge on any atom is 0.171 e. The van der Waals surface area contributed by atoms with Gasteiger partial charge >= 0.3 is 0 Å². The van der Waals surface area contributed by atoms with E-state index < -0.39 is 0 Å². The Hall–Kier alpha value is -7.16. The molecule has 0 aliphatic rings. The number of hydrogen-bond acceptors (Lipinski definition) is 4. The van der Waals surface area contributed by atoms with E-state index in [1.807, 2.05) is 102 Å². The third kappa shape index (κ3) is 5.51. The lowest BCUT2D eigenvalue weighted by atomic mass is 9.96. The third-order valence-corrected chi connectivity index (χ3v) is 9.29. The lowest BCUT2D eigenvalue weighted by Gasteiger charge is -2.12. The largest absolute Gasteiger partial charge is 0.230 e. The van der Waals surface area contributed by atoms with Crippen molar-refractivity contribution in [1.82, 2.24) is 19.6 Å². The first-order valence-corrected chi connectivity index (χ1v) is 16.8. The van der Waals surface area contributed by atoms with Gasteiger partial charge in [-0.1, -0.05) is 158 Å². The Morgan fingerprint density at radius 3 is 1.57 bits per heavy atom. The van der Waals surface area contributed by atoms with Crippen LogP contribution in [0.15, 0.2) is 176 Å². The van der Waals surface area contributed by atoms with Gasteiger partial charge in [0.2, 0.25) is 0 Å². The van der Waals surface area contributed by atoms with Gasteiger partial charge in [0.05, 0.1) is 22.6 Å². The Balaban J connectivity index is 1.17. The number of nitrogens with zero attached hydrogens (tertiary/aromatic N) is 5. The highest BCUT2D eigenvalue weighted by atomic mass is 15.2. The quantitative estimate of drug-likeness (QED) is 0.179. The van der Waals surface area contributed by atoms with Gasteiger partial charge < -0.3 is 0 Å². The summed E-state index contributed by atoms with van der Waals surface area (Å²) in [5.41, 5.74) is 12.1. The molecule has 5 heteroatoms. The zero-order valence-electron chi connectivity index (χ0n) is 27.5. The van der Waals surface area contributed by atoms with E-state index >= 15 is 0 Å². The van der Waals surface area contributed by atoms with Gasteiger partial charge in [-0.05, 0) is 40.3 Å². The average Bonchev–Trinajstić information content (AvgIpc) is 3.62. The van der Waals surface area contributed by atoms with E-state index in [-0.39, 0.29) is 0 Å². The van der Waals surface area contributed by atoms with Gasteiger partial charge in [0.25, 0.3) is 0 Å². The number of rotatable bonds is 6. The second-order valence-corrected chi connectivity index (χ2v) is 12.4. The van der Waals surface area contributed by atoms with Gasteiger partial charge in [-0.15, -0.1) is 0 Å². The van der Waals surface area contributed by atoms with Crippen LogP contribution in [0.2, 0.25) is 0 Å². The second kappa shape index (κ2) is 12.7. The molecule has 9 aromatic rings. The maximum atomic E-state index is 10.2. The molecule has 0 bridgehead atoms. The Kier molecular flexibility index (Phi) is 7.46. The molecule has 6 aromatic carbocycles. The van der Waals surface area contributed by atoms with Gasteiger partial charge in [0, 0.05) is 33.2 Å². The van der Waals surface area contributed by atoms with Gasteiger partial charge in [0.1, 0.15) is 6.07 Å². The Bertz CT molecular complexity index is 2660. The van der Waals surface area contributed by atoms with E-state index in [0.717, 1.165) is 77.9 Å². The normalized spacial score (nSPS) is 11.1. The van der Waals surface area contributed by atoms with Crippen LogP contribution in [0.4, 0.5) is 0 Å². The molecule has 9 rings (SSSR count). The average molecular weight is 652 g/mol. The molecule has 0 saturated heterocycles. The van der Waals surface area contributed by atoms with Crippen molar-refractivity contribution in [2.75, 3.05) is 0 Å². The number of hydrogen-bond donors (Lipinski definition) is 0. The van der Waals surface area contributed by atoms with Crippen molar-refractivity contribution < 1.29 is 0 Å². The molecule has 0 spiro atoms. The van der Waals surface area contributed by atoms with Gasteiger partial charge in [0.15, 0.2) is 11.5 Å². The van der Waals surface area contributed by atoms with E-state index in [4.69, 9.17) is 15.1 Å². The fourth-order valence-electron chi connectivity index (χ4n) is 6.80. The van der Waals surface area contributed by atoms with Crippen molar-refractivity contribution in [2.24, 2.45) is 0 Å². The van der Waals surface area contributed by atoms with Gasteiger partial charge in [-0.2, -0.15) is 10.4 Å². The maximum absolute atomic E-state index is 10.2. The highest BCUT2D eigenvalue weighted by molar-refractivity contribution is 6.07. The lowest BCUT2D eigenvalue weighted by Crippen LogP contribution is -1.96. The molecule has 0 radical (unpaired) electrons. The summed E-state index contributed by atoms with van der Waals surface area (Å²) in [6.45, 7) is 0. The highest BCUT2D eigenvalue weighted by Gasteiger charge is 2.20. The molecule has 0 atom stereocenters. The number of fused-ring (bicyclic) bond motifs is 3.